The van der Waals surface area contributed by atoms with Crippen molar-refractivity contribution in [2.75, 3.05) is 26.2 Å². The molecule has 6 nitrogen and oxygen atoms in total. The number of hydrogen-bond acceptors (Lipinski definition) is 3. The topological polar surface area (TPSA) is 78.9 Å². The summed E-state index contributed by atoms with van der Waals surface area (Å²) in [7, 11) is 0. The molecule has 3 atom stereocenters. The minimum absolute atomic E-state index is 0.0674. The predicted molar refractivity (Wildman–Crippen MR) is 68.9 cm³/mol. The Morgan fingerprint density at radius 2 is 2.21 bits per heavy atom. The van der Waals surface area contributed by atoms with Gasteiger partial charge >= 0.3 is 12.0 Å². The molecule has 3 unspecified atom stereocenters. The standard InChI is InChI=1S/C13H22N2O4/c1-9-8-15(5-6-19-9)13(18)14-7-10-3-2-4-11(10)12(16)17/h9-11H,2-8H2,1H3,(H,14,18)(H,16,17). The average molecular weight is 270 g/mol. The number of nitrogens with zero attached hydrogens (tertiary/aromatic N) is 1. The van der Waals surface area contributed by atoms with Crippen LogP contribution >= 0.6 is 0 Å². The molecule has 19 heavy (non-hydrogen) atoms. The summed E-state index contributed by atoms with van der Waals surface area (Å²) in [6.45, 7) is 4.16. The van der Waals surface area contributed by atoms with Gasteiger partial charge in [0.2, 0.25) is 0 Å². The van der Waals surface area contributed by atoms with Gasteiger partial charge in [-0.1, -0.05) is 6.42 Å². The smallest absolute Gasteiger partial charge is 0.317 e. The lowest BCUT2D eigenvalue weighted by Crippen LogP contribution is -2.50. The number of nitrogens with one attached hydrogen (secondary N) is 1. The minimum atomic E-state index is -0.739. The van der Waals surface area contributed by atoms with Crippen molar-refractivity contribution in [2.45, 2.75) is 32.3 Å². The summed E-state index contributed by atoms with van der Waals surface area (Å²) < 4.78 is 5.39. The Labute approximate surface area is 113 Å². The molecule has 0 radical (unpaired) electrons. The fourth-order valence-corrected chi connectivity index (χ4v) is 2.94. The van der Waals surface area contributed by atoms with Crippen LogP contribution in [0.5, 0.6) is 0 Å². The van der Waals surface area contributed by atoms with Gasteiger partial charge in [-0.15, -0.1) is 0 Å². The zero-order valence-corrected chi connectivity index (χ0v) is 11.3. The van der Waals surface area contributed by atoms with Gasteiger partial charge in [-0.25, -0.2) is 4.79 Å². The second-order valence-electron chi connectivity index (χ2n) is 5.45. The first kappa shape index (κ1) is 14.1. The number of hydrogen-bond donors (Lipinski definition) is 2. The highest BCUT2D eigenvalue weighted by Crippen LogP contribution is 2.31. The summed E-state index contributed by atoms with van der Waals surface area (Å²) in [5.74, 6) is -0.972. The Hall–Kier alpha value is -1.30. The predicted octanol–water partition coefficient (Wildman–Crippen LogP) is 0.918. The maximum Gasteiger partial charge on any atom is 0.317 e. The summed E-state index contributed by atoms with van der Waals surface area (Å²) in [5.41, 5.74) is 0. The van der Waals surface area contributed by atoms with E-state index in [1.54, 1.807) is 4.90 Å². The molecule has 0 aromatic carbocycles. The molecule has 2 amide bonds. The number of urea groups is 1. The van der Waals surface area contributed by atoms with Gasteiger partial charge in [0, 0.05) is 19.6 Å². The Morgan fingerprint density at radius 3 is 2.89 bits per heavy atom. The third-order valence-corrected chi connectivity index (χ3v) is 4.02. The molecule has 2 fully saturated rings. The summed E-state index contributed by atoms with van der Waals surface area (Å²) in [6.07, 6.45) is 2.62. The Balaban J connectivity index is 1.78. The molecule has 1 heterocycles. The van der Waals surface area contributed by atoms with E-state index < -0.39 is 5.97 Å². The lowest BCUT2D eigenvalue weighted by atomic mass is 9.96. The minimum Gasteiger partial charge on any atom is -0.481 e. The van der Waals surface area contributed by atoms with Gasteiger partial charge < -0.3 is 20.1 Å². The van der Waals surface area contributed by atoms with Gasteiger partial charge in [0.1, 0.15) is 0 Å². The molecule has 0 spiro atoms. The van der Waals surface area contributed by atoms with E-state index in [1.807, 2.05) is 6.92 Å². The Kier molecular flexibility index (Phi) is 4.63. The number of carbonyl (C=O) groups is 2. The SMILES string of the molecule is CC1CN(C(=O)NCC2CCCC2C(=O)O)CCO1. The van der Waals surface area contributed by atoms with Gasteiger partial charge in [-0.3, -0.25) is 4.79 Å². The van der Waals surface area contributed by atoms with E-state index in [9.17, 15) is 9.59 Å². The van der Waals surface area contributed by atoms with E-state index in [-0.39, 0.29) is 24.0 Å². The van der Waals surface area contributed by atoms with Crippen molar-refractivity contribution in [3.8, 4) is 0 Å². The summed E-state index contributed by atoms with van der Waals surface area (Å²) in [6, 6.07) is -0.105. The second kappa shape index (κ2) is 6.23. The highest BCUT2D eigenvalue weighted by Gasteiger charge is 2.33. The highest BCUT2D eigenvalue weighted by molar-refractivity contribution is 5.74. The van der Waals surface area contributed by atoms with E-state index >= 15 is 0 Å². The number of carboxylic acids is 1. The summed E-state index contributed by atoms with van der Waals surface area (Å²) in [5, 5.41) is 12.0. The van der Waals surface area contributed by atoms with Crippen LogP contribution in [0, 0.1) is 11.8 Å². The Bertz CT molecular complexity index is 348. The van der Waals surface area contributed by atoms with Crippen molar-refractivity contribution in [3.05, 3.63) is 0 Å². The number of amides is 2. The molecule has 1 saturated carbocycles. The van der Waals surface area contributed by atoms with Crippen molar-refractivity contribution >= 4 is 12.0 Å². The quantitative estimate of drug-likeness (QED) is 0.799. The maximum absolute atomic E-state index is 12.0. The van der Waals surface area contributed by atoms with Gasteiger partial charge in [-0.2, -0.15) is 0 Å². The monoisotopic (exact) mass is 270 g/mol. The number of carboxylic acid groups (broad SMARTS) is 1. The van der Waals surface area contributed by atoms with E-state index in [2.05, 4.69) is 5.32 Å². The van der Waals surface area contributed by atoms with Crippen LogP contribution in [-0.2, 0) is 9.53 Å². The van der Waals surface area contributed by atoms with Gasteiger partial charge in [-0.05, 0) is 25.7 Å². The number of aliphatic carboxylic acids is 1. The van der Waals surface area contributed by atoms with Crippen LogP contribution in [0.25, 0.3) is 0 Å². The maximum atomic E-state index is 12.0. The molecule has 0 aromatic rings. The zero-order chi connectivity index (χ0) is 13.8. The van der Waals surface area contributed by atoms with Crippen molar-refractivity contribution in [3.63, 3.8) is 0 Å². The molecule has 0 bridgehead atoms. The van der Waals surface area contributed by atoms with Crippen molar-refractivity contribution < 1.29 is 19.4 Å². The molecular weight excluding hydrogens is 248 g/mol. The summed E-state index contributed by atoms with van der Waals surface area (Å²) >= 11 is 0. The number of rotatable bonds is 3. The Morgan fingerprint density at radius 1 is 1.42 bits per heavy atom. The largest absolute Gasteiger partial charge is 0.481 e. The van der Waals surface area contributed by atoms with Crippen LogP contribution in [0.4, 0.5) is 4.79 Å². The molecule has 2 N–H and O–H groups in total. The van der Waals surface area contributed by atoms with Crippen molar-refractivity contribution in [1.29, 1.82) is 0 Å². The number of carbonyl (C=O) groups excluding carboxylic acids is 1. The molecule has 2 aliphatic rings. The number of morpholine rings is 1. The van der Waals surface area contributed by atoms with Crippen molar-refractivity contribution in [2.24, 2.45) is 11.8 Å². The molecule has 6 heteroatoms. The van der Waals surface area contributed by atoms with Crippen LogP contribution in [-0.4, -0.2) is 54.4 Å². The van der Waals surface area contributed by atoms with Crippen LogP contribution < -0.4 is 5.32 Å². The van der Waals surface area contributed by atoms with E-state index in [0.717, 1.165) is 19.3 Å². The van der Waals surface area contributed by atoms with Crippen LogP contribution in [0.1, 0.15) is 26.2 Å². The van der Waals surface area contributed by atoms with Crippen LogP contribution in [0.15, 0.2) is 0 Å². The third-order valence-electron chi connectivity index (χ3n) is 4.02. The average Bonchev–Trinajstić information content (AvgIpc) is 2.84. The second-order valence-corrected chi connectivity index (χ2v) is 5.45. The van der Waals surface area contributed by atoms with E-state index in [1.165, 1.54) is 0 Å². The van der Waals surface area contributed by atoms with Gasteiger partial charge in [0.25, 0.3) is 0 Å². The fraction of sp³-hybridized carbons (Fsp3) is 0.846. The third kappa shape index (κ3) is 3.59. The molecule has 0 aromatic heterocycles. The van der Waals surface area contributed by atoms with E-state index in [4.69, 9.17) is 9.84 Å². The lowest BCUT2D eigenvalue weighted by molar-refractivity contribution is -0.142. The molecule has 1 aliphatic carbocycles. The van der Waals surface area contributed by atoms with Crippen LogP contribution in [0.3, 0.4) is 0 Å². The fourth-order valence-electron chi connectivity index (χ4n) is 2.94. The first-order chi connectivity index (χ1) is 9.08. The molecular formula is C13H22N2O4. The van der Waals surface area contributed by atoms with Crippen molar-refractivity contribution in [1.82, 2.24) is 10.2 Å². The van der Waals surface area contributed by atoms with Gasteiger partial charge in [0.05, 0.1) is 18.6 Å². The van der Waals surface area contributed by atoms with Gasteiger partial charge in [0.15, 0.2) is 0 Å². The molecule has 2 rings (SSSR count). The summed E-state index contributed by atoms with van der Waals surface area (Å²) in [4.78, 5) is 24.8. The first-order valence-corrected chi connectivity index (χ1v) is 6.95. The lowest BCUT2D eigenvalue weighted by Gasteiger charge is -2.31. The molecule has 1 saturated heterocycles. The van der Waals surface area contributed by atoms with E-state index in [0.29, 0.717) is 26.2 Å². The number of ether oxygens (including phenoxy) is 1. The first-order valence-electron chi connectivity index (χ1n) is 6.95. The molecule has 1 aliphatic heterocycles. The normalized spacial score (nSPS) is 31.2. The zero-order valence-electron chi connectivity index (χ0n) is 11.3. The van der Waals surface area contributed by atoms with Crippen LogP contribution in [0.2, 0.25) is 0 Å². The highest BCUT2D eigenvalue weighted by atomic mass is 16.5. The molecule has 108 valence electrons.